The first-order valence-corrected chi connectivity index (χ1v) is 8.91. The van der Waals surface area contributed by atoms with Crippen molar-refractivity contribution in [1.82, 2.24) is 10.0 Å². The van der Waals surface area contributed by atoms with Gasteiger partial charge in [0.05, 0.1) is 17.6 Å². The van der Waals surface area contributed by atoms with Gasteiger partial charge in [0, 0.05) is 17.0 Å². The molecular formula is C20H16F2N2O6. The Bertz CT molecular complexity index is 1200. The molecule has 10 heteroatoms. The first-order chi connectivity index (χ1) is 14.4. The lowest BCUT2D eigenvalue weighted by molar-refractivity contribution is -0.136. The molecule has 1 aliphatic heterocycles. The number of carboxylic acids is 1. The summed E-state index contributed by atoms with van der Waals surface area (Å²) >= 11 is 0. The molecule has 3 N–H and O–H groups in total. The maximum absolute atomic E-state index is 13.9. The lowest BCUT2D eigenvalue weighted by Gasteiger charge is -2.15. The van der Waals surface area contributed by atoms with Crippen molar-refractivity contribution < 1.29 is 33.4 Å². The zero-order valence-electron chi connectivity index (χ0n) is 15.3. The summed E-state index contributed by atoms with van der Waals surface area (Å²) in [6, 6.07) is 9.36. The Kier molecular flexibility index (Phi) is 5.10. The van der Waals surface area contributed by atoms with Crippen molar-refractivity contribution in [3.8, 4) is 5.75 Å². The van der Waals surface area contributed by atoms with Gasteiger partial charge in [-0.1, -0.05) is 12.1 Å². The summed E-state index contributed by atoms with van der Waals surface area (Å²) < 4.78 is 33.2. The Hall–Kier alpha value is -3.50. The summed E-state index contributed by atoms with van der Waals surface area (Å²) in [5.74, 6) is -2.98. The van der Waals surface area contributed by atoms with E-state index >= 15 is 0 Å². The number of hydrogen-bond acceptors (Lipinski definition) is 6. The number of epoxide rings is 1. The van der Waals surface area contributed by atoms with E-state index in [2.05, 4.69) is 5.32 Å². The third-order valence-corrected chi connectivity index (χ3v) is 4.64. The highest BCUT2D eigenvalue weighted by atomic mass is 19.1. The van der Waals surface area contributed by atoms with Crippen LogP contribution in [0.1, 0.15) is 17.2 Å². The third kappa shape index (κ3) is 3.70. The van der Waals surface area contributed by atoms with Crippen molar-refractivity contribution in [2.24, 2.45) is 0 Å². The highest BCUT2D eigenvalue weighted by Gasteiger charge is 2.45. The number of aliphatic carboxylic acids is 1. The monoisotopic (exact) mass is 418 g/mol. The zero-order valence-corrected chi connectivity index (χ0v) is 15.3. The molecule has 2 heterocycles. The normalized spacial score (nSPS) is 17.8. The summed E-state index contributed by atoms with van der Waals surface area (Å²) in [4.78, 5) is 29.3. The number of aromatic hydroxyl groups is 1. The largest absolute Gasteiger partial charge is 0.507 e. The highest BCUT2D eigenvalue weighted by molar-refractivity contribution is 5.86. The Labute approximate surface area is 167 Å². The quantitative estimate of drug-likeness (QED) is 0.501. The maximum Gasteiger partial charge on any atom is 0.317 e. The summed E-state index contributed by atoms with van der Waals surface area (Å²) in [5, 5.41) is 22.3. The molecular weight excluding hydrogens is 402 g/mol. The van der Waals surface area contributed by atoms with Crippen LogP contribution in [0, 0.1) is 11.6 Å². The van der Waals surface area contributed by atoms with E-state index in [9.17, 15) is 23.5 Å². The van der Waals surface area contributed by atoms with Crippen molar-refractivity contribution in [3.63, 3.8) is 0 Å². The van der Waals surface area contributed by atoms with Crippen LogP contribution in [0.4, 0.5) is 8.78 Å². The number of benzene rings is 2. The van der Waals surface area contributed by atoms with Crippen LogP contribution in [0.5, 0.6) is 5.75 Å². The van der Waals surface area contributed by atoms with Crippen LogP contribution in [0.25, 0.3) is 10.9 Å². The lowest BCUT2D eigenvalue weighted by Crippen LogP contribution is -2.31. The number of hydrogen-bond donors (Lipinski definition) is 3. The van der Waals surface area contributed by atoms with Crippen molar-refractivity contribution in [2.75, 3.05) is 6.54 Å². The van der Waals surface area contributed by atoms with E-state index in [0.717, 1.165) is 10.8 Å². The molecule has 8 nitrogen and oxygen atoms in total. The van der Waals surface area contributed by atoms with Crippen molar-refractivity contribution in [1.29, 1.82) is 0 Å². The van der Waals surface area contributed by atoms with Gasteiger partial charge >= 0.3 is 5.97 Å². The minimum absolute atomic E-state index is 0.0330. The van der Waals surface area contributed by atoms with Crippen LogP contribution in [0.15, 0.2) is 47.3 Å². The van der Waals surface area contributed by atoms with E-state index < -0.39 is 35.5 Å². The van der Waals surface area contributed by atoms with Gasteiger partial charge in [0.25, 0.3) is 5.56 Å². The van der Waals surface area contributed by atoms with Gasteiger partial charge in [-0.05, 0) is 24.3 Å². The van der Waals surface area contributed by atoms with Crippen molar-refractivity contribution >= 4 is 16.9 Å². The minimum atomic E-state index is -1.10. The fraction of sp³-hybridized carbons (Fsp3) is 0.200. The van der Waals surface area contributed by atoms with Gasteiger partial charge in [-0.2, -0.15) is 0 Å². The number of rotatable bonds is 7. The Morgan fingerprint density at radius 1 is 1.23 bits per heavy atom. The molecule has 1 fully saturated rings. The van der Waals surface area contributed by atoms with Gasteiger partial charge < -0.3 is 19.8 Å². The Balaban J connectivity index is 1.70. The number of ether oxygens (including phenoxy) is 1. The predicted molar refractivity (Wildman–Crippen MR) is 99.8 cm³/mol. The van der Waals surface area contributed by atoms with Crippen LogP contribution in [0.2, 0.25) is 0 Å². The SMILES string of the molecule is O=C(O)CNC1OC1c1c(O)c2ccccc2n(OCc2ccc(F)cc2F)c1=O. The highest BCUT2D eigenvalue weighted by Crippen LogP contribution is 2.41. The topological polar surface area (TPSA) is 113 Å². The van der Waals surface area contributed by atoms with Gasteiger partial charge in [0.1, 0.15) is 36.3 Å². The molecule has 30 heavy (non-hydrogen) atoms. The van der Waals surface area contributed by atoms with Gasteiger partial charge in [-0.3, -0.25) is 14.9 Å². The van der Waals surface area contributed by atoms with E-state index in [-0.39, 0.29) is 35.5 Å². The van der Waals surface area contributed by atoms with E-state index in [4.69, 9.17) is 14.7 Å². The van der Waals surface area contributed by atoms with E-state index in [1.54, 1.807) is 18.2 Å². The molecule has 0 amide bonds. The molecule has 2 unspecified atom stereocenters. The van der Waals surface area contributed by atoms with Crippen LogP contribution in [0.3, 0.4) is 0 Å². The molecule has 1 aromatic heterocycles. The van der Waals surface area contributed by atoms with Crippen LogP contribution >= 0.6 is 0 Å². The Morgan fingerprint density at radius 2 is 2.00 bits per heavy atom. The molecule has 156 valence electrons. The molecule has 1 saturated heterocycles. The number of carboxylic acid groups (broad SMARTS) is 1. The maximum atomic E-state index is 13.9. The number of carbonyl (C=O) groups is 1. The average molecular weight is 418 g/mol. The van der Waals surface area contributed by atoms with Crippen LogP contribution in [-0.4, -0.2) is 33.7 Å². The zero-order chi connectivity index (χ0) is 21.4. The second-order valence-corrected chi connectivity index (χ2v) is 6.64. The number of nitrogens with zero attached hydrogens (tertiary/aromatic N) is 1. The number of nitrogens with one attached hydrogen (secondary N) is 1. The molecule has 2 aromatic carbocycles. The minimum Gasteiger partial charge on any atom is -0.507 e. The fourth-order valence-corrected chi connectivity index (χ4v) is 3.15. The van der Waals surface area contributed by atoms with E-state index in [1.165, 1.54) is 12.1 Å². The standard InChI is InChI=1S/C20H16F2N2O6/c21-11-6-5-10(13(22)7-11)9-29-24-14-4-2-1-3-12(14)17(27)16(20(24)28)18-19(30-18)23-8-15(25)26/h1-7,18-19,23,27H,8-9H2,(H,25,26). The molecule has 0 aliphatic carbocycles. The number of halogens is 2. The number of para-hydroxylation sites is 1. The lowest BCUT2D eigenvalue weighted by atomic mass is 10.1. The van der Waals surface area contributed by atoms with Crippen molar-refractivity contribution in [2.45, 2.75) is 18.9 Å². The first kappa shape index (κ1) is 19.8. The third-order valence-electron chi connectivity index (χ3n) is 4.64. The molecule has 0 saturated carbocycles. The first-order valence-electron chi connectivity index (χ1n) is 8.91. The van der Waals surface area contributed by atoms with Crippen LogP contribution in [-0.2, 0) is 16.1 Å². The van der Waals surface area contributed by atoms with Crippen molar-refractivity contribution in [3.05, 3.63) is 75.6 Å². The molecule has 4 rings (SSSR count). The summed E-state index contributed by atoms with van der Waals surface area (Å²) in [5.41, 5.74) is -0.581. The van der Waals surface area contributed by atoms with Gasteiger partial charge in [-0.15, -0.1) is 4.73 Å². The molecule has 0 spiro atoms. The van der Waals surface area contributed by atoms with Crippen LogP contribution < -0.4 is 15.7 Å². The summed E-state index contributed by atoms with van der Waals surface area (Å²) in [6.07, 6.45) is -1.64. The summed E-state index contributed by atoms with van der Waals surface area (Å²) in [6.45, 7) is -0.753. The molecule has 0 radical (unpaired) electrons. The summed E-state index contributed by atoms with van der Waals surface area (Å²) in [7, 11) is 0. The second kappa shape index (κ2) is 7.73. The molecule has 1 aliphatic rings. The molecule has 2 atom stereocenters. The molecule has 3 aromatic rings. The van der Waals surface area contributed by atoms with Gasteiger partial charge in [-0.25, -0.2) is 8.78 Å². The predicted octanol–water partition coefficient (Wildman–Crippen LogP) is 1.69. The average Bonchev–Trinajstić information content (AvgIpc) is 3.47. The fourth-order valence-electron chi connectivity index (χ4n) is 3.15. The molecule has 0 bridgehead atoms. The number of fused-ring (bicyclic) bond motifs is 1. The van der Waals surface area contributed by atoms with E-state index in [1.807, 2.05) is 0 Å². The van der Waals surface area contributed by atoms with E-state index in [0.29, 0.717) is 11.5 Å². The number of aromatic nitrogens is 1. The van der Waals surface area contributed by atoms with Gasteiger partial charge in [0.15, 0.2) is 0 Å². The smallest absolute Gasteiger partial charge is 0.317 e. The number of pyridine rings is 1. The Morgan fingerprint density at radius 3 is 2.73 bits per heavy atom. The second-order valence-electron chi connectivity index (χ2n) is 6.64. The van der Waals surface area contributed by atoms with Gasteiger partial charge in [0.2, 0.25) is 0 Å².